The van der Waals surface area contributed by atoms with Gasteiger partial charge in [0.25, 0.3) is 0 Å². The van der Waals surface area contributed by atoms with E-state index in [1.807, 2.05) is 61.7 Å². The number of aryl methyl sites for hydroxylation is 1. The van der Waals surface area contributed by atoms with E-state index < -0.39 is 0 Å². The SMILES string of the molecule is Cc1cnn2c(NCc3cccnc3)cc(Oc3ccccc3)nc12. The van der Waals surface area contributed by atoms with Crippen LogP contribution in [0.15, 0.2) is 67.1 Å². The maximum absolute atomic E-state index is 5.90. The van der Waals surface area contributed by atoms with Crippen molar-refractivity contribution in [3.63, 3.8) is 0 Å². The van der Waals surface area contributed by atoms with Crippen molar-refractivity contribution in [1.29, 1.82) is 0 Å². The number of pyridine rings is 1. The third-order valence-corrected chi connectivity index (χ3v) is 3.79. The Bertz CT molecular complexity index is 983. The molecule has 0 saturated carbocycles. The maximum Gasteiger partial charge on any atom is 0.224 e. The van der Waals surface area contributed by atoms with Crippen LogP contribution in [-0.4, -0.2) is 19.6 Å². The number of hydrogen-bond acceptors (Lipinski definition) is 5. The van der Waals surface area contributed by atoms with E-state index in [9.17, 15) is 0 Å². The van der Waals surface area contributed by atoms with Crippen LogP contribution in [0.2, 0.25) is 0 Å². The van der Waals surface area contributed by atoms with Gasteiger partial charge >= 0.3 is 0 Å². The lowest BCUT2D eigenvalue weighted by molar-refractivity contribution is 0.463. The second-order valence-corrected chi connectivity index (χ2v) is 5.67. The van der Waals surface area contributed by atoms with Gasteiger partial charge in [-0.2, -0.15) is 14.6 Å². The molecular formula is C19H17N5O. The highest BCUT2D eigenvalue weighted by Gasteiger charge is 2.11. The van der Waals surface area contributed by atoms with E-state index in [0.29, 0.717) is 12.4 Å². The van der Waals surface area contributed by atoms with Crippen LogP contribution in [0, 0.1) is 6.92 Å². The quantitative estimate of drug-likeness (QED) is 0.602. The molecule has 0 spiro atoms. The second kappa shape index (κ2) is 6.60. The Morgan fingerprint density at radius 2 is 1.96 bits per heavy atom. The molecule has 1 aromatic carbocycles. The Hall–Kier alpha value is -3.41. The summed E-state index contributed by atoms with van der Waals surface area (Å²) in [5.74, 6) is 2.08. The summed E-state index contributed by atoms with van der Waals surface area (Å²) in [6.07, 6.45) is 5.39. The third kappa shape index (κ3) is 3.28. The predicted molar refractivity (Wildman–Crippen MR) is 95.8 cm³/mol. The van der Waals surface area contributed by atoms with Gasteiger partial charge < -0.3 is 10.1 Å². The molecule has 124 valence electrons. The first-order valence-electron chi connectivity index (χ1n) is 8.01. The van der Waals surface area contributed by atoms with E-state index in [4.69, 9.17) is 4.74 Å². The van der Waals surface area contributed by atoms with Gasteiger partial charge in [-0.1, -0.05) is 24.3 Å². The summed E-state index contributed by atoms with van der Waals surface area (Å²) in [5, 5.41) is 7.78. The number of anilines is 1. The summed E-state index contributed by atoms with van der Waals surface area (Å²) >= 11 is 0. The van der Waals surface area contributed by atoms with Gasteiger partial charge in [-0.15, -0.1) is 0 Å². The van der Waals surface area contributed by atoms with Gasteiger partial charge in [0.2, 0.25) is 5.88 Å². The number of nitrogens with one attached hydrogen (secondary N) is 1. The highest BCUT2D eigenvalue weighted by molar-refractivity contribution is 5.55. The van der Waals surface area contributed by atoms with Crippen LogP contribution in [0.5, 0.6) is 11.6 Å². The molecule has 0 aliphatic rings. The Morgan fingerprint density at radius 3 is 2.76 bits per heavy atom. The minimum atomic E-state index is 0.524. The standard InChI is InChI=1S/C19H17N5O/c1-14-11-22-24-17(21-13-15-6-5-9-20-12-15)10-18(23-19(14)24)25-16-7-3-2-4-8-16/h2-12,21H,13H2,1H3. The third-order valence-electron chi connectivity index (χ3n) is 3.79. The molecule has 0 aliphatic heterocycles. The minimum absolute atomic E-state index is 0.524. The van der Waals surface area contributed by atoms with Gasteiger partial charge in [-0.25, -0.2) is 0 Å². The van der Waals surface area contributed by atoms with Gasteiger partial charge in [0.15, 0.2) is 5.65 Å². The first kappa shape index (κ1) is 15.1. The topological polar surface area (TPSA) is 64.3 Å². The van der Waals surface area contributed by atoms with Crippen molar-refractivity contribution < 1.29 is 4.74 Å². The molecule has 6 heteroatoms. The van der Waals surface area contributed by atoms with Crippen LogP contribution >= 0.6 is 0 Å². The van der Waals surface area contributed by atoms with E-state index in [1.165, 1.54) is 0 Å². The number of para-hydroxylation sites is 1. The summed E-state index contributed by atoms with van der Waals surface area (Å²) in [6, 6.07) is 15.4. The van der Waals surface area contributed by atoms with Crippen molar-refractivity contribution in [2.24, 2.45) is 0 Å². The fourth-order valence-electron chi connectivity index (χ4n) is 2.53. The average Bonchev–Trinajstić information content (AvgIpc) is 3.03. The zero-order chi connectivity index (χ0) is 17.1. The number of ether oxygens (including phenoxy) is 1. The molecule has 0 unspecified atom stereocenters. The molecule has 0 atom stereocenters. The van der Waals surface area contributed by atoms with Crippen LogP contribution in [-0.2, 0) is 6.54 Å². The van der Waals surface area contributed by atoms with E-state index in [2.05, 4.69) is 20.4 Å². The molecule has 1 N–H and O–H groups in total. The number of aromatic nitrogens is 4. The van der Waals surface area contributed by atoms with Gasteiger partial charge in [0, 0.05) is 30.6 Å². The molecule has 0 amide bonds. The Balaban J connectivity index is 1.67. The van der Waals surface area contributed by atoms with Crippen LogP contribution < -0.4 is 10.1 Å². The van der Waals surface area contributed by atoms with Crippen molar-refractivity contribution >= 4 is 11.5 Å². The second-order valence-electron chi connectivity index (χ2n) is 5.67. The van der Waals surface area contributed by atoms with Crippen molar-refractivity contribution in [2.75, 3.05) is 5.32 Å². The maximum atomic E-state index is 5.90. The first-order valence-corrected chi connectivity index (χ1v) is 8.01. The average molecular weight is 331 g/mol. The number of fused-ring (bicyclic) bond motifs is 1. The Kier molecular flexibility index (Phi) is 4.00. The summed E-state index contributed by atoms with van der Waals surface area (Å²) in [5.41, 5.74) is 2.84. The zero-order valence-corrected chi connectivity index (χ0v) is 13.8. The molecule has 6 nitrogen and oxygen atoms in total. The van der Waals surface area contributed by atoms with E-state index in [1.54, 1.807) is 16.9 Å². The van der Waals surface area contributed by atoms with Crippen molar-refractivity contribution in [3.8, 4) is 11.6 Å². The molecule has 0 fully saturated rings. The van der Waals surface area contributed by atoms with Gasteiger partial charge in [0.05, 0.1) is 6.20 Å². The number of nitrogens with zero attached hydrogens (tertiary/aromatic N) is 4. The van der Waals surface area contributed by atoms with Crippen LogP contribution in [0.1, 0.15) is 11.1 Å². The highest BCUT2D eigenvalue weighted by Crippen LogP contribution is 2.24. The summed E-state index contributed by atoms with van der Waals surface area (Å²) < 4.78 is 7.68. The zero-order valence-electron chi connectivity index (χ0n) is 13.8. The molecule has 4 rings (SSSR count). The molecule has 0 bridgehead atoms. The van der Waals surface area contributed by atoms with Crippen LogP contribution in [0.4, 0.5) is 5.82 Å². The highest BCUT2D eigenvalue weighted by atomic mass is 16.5. The summed E-state index contributed by atoms with van der Waals surface area (Å²) in [6.45, 7) is 2.61. The summed E-state index contributed by atoms with van der Waals surface area (Å²) in [7, 11) is 0. The number of benzene rings is 1. The lowest BCUT2D eigenvalue weighted by Gasteiger charge is -2.11. The van der Waals surface area contributed by atoms with Gasteiger partial charge in [-0.3, -0.25) is 4.98 Å². The lowest BCUT2D eigenvalue weighted by atomic mass is 10.3. The van der Waals surface area contributed by atoms with Crippen LogP contribution in [0.25, 0.3) is 5.65 Å². The Morgan fingerprint density at radius 1 is 1.08 bits per heavy atom. The smallest absolute Gasteiger partial charge is 0.224 e. The number of hydrogen-bond donors (Lipinski definition) is 1. The summed E-state index contributed by atoms with van der Waals surface area (Å²) in [4.78, 5) is 8.71. The van der Waals surface area contributed by atoms with Crippen LogP contribution in [0.3, 0.4) is 0 Å². The molecule has 0 saturated heterocycles. The lowest BCUT2D eigenvalue weighted by Crippen LogP contribution is -2.07. The van der Waals surface area contributed by atoms with E-state index in [0.717, 1.165) is 28.3 Å². The molecule has 25 heavy (non-hydrogen) atoms. The van der Waals surface area contributed by atoms with E-state index >= 15 is 0 Å². The predicted octanol–water partition coefficient (Wildman–Crippen LogP) is 3.84. The van der Waals surface area contributed by atoms with Crippen molar-refractivity contribution in [1.82, 2.24) is 19.6 Å². The van der Waals surface area contributed by atoms with Gasteiger partial charge in [0.1, 0.15) is 11.6 Å². The van der Waals surface area contributed by atoms with Crippen molar-refractivity contribution in [2.45, 2.75) is 13.5 Å². The molecule has 4 aromatic rings. The molecular weight excluding hydrogens is 314 g/mol. The molecule has 0 radical (unpaired) electrons. The monoisotopic (exact) mass is 331 g/mol. The fourth-order valence-corrected chi connectivity index (χ4v) is 2.53. The molecule has 3 heterocycles. The van der Waals surface area contributed by atoms with Gasteiger partial charge in [-0.05, 0) is 30.7 Å². The Labute approximate surface area is 145 Å². The van der Waals surface area contributed by atoms with E-state index in [-0.39, 0.29) is 0 Å². The normalized spacial score (nSPS) is 10.8. The number of rotatable bonds is 5. The fraction of sp³-hybridized carbons (Fsp3) is 0.105. The molecule has 3 aromatic heterocycles. The largest absolute Gasteiger partial charge is 0.439 e. The van der Waals surface area contributed by atoms with Crippen molar-refractivity contribution in [3.05, 3.63) is 78.2 Å². The minimum Gasteiger partial charge on any atom is -0.439 e. The first-order chi connectivity index (χ1) is 12.3. The molecule has 0 aliphatic carbocycles.